The number of benzene rings is 6. The smallest absolute Gasteiger partial charge is 0.217 e. The lowest BCUT2D eigenvalue weighted by Crippen LogP contribution is -2.68. The Hall–Kier alpha value is -5.90. The molecule has 0 unspecified atom stereocenters. The maximum absolute atomic E-state index is 13.2. The fourth-order valence-electron chi connectivity index (χ4n) is 9.03. The van der Waals surface area contributed by atoms with Gasteiger partial charge in [0.1, 0.15) is 48.5 Å². The van der Waals surface area contributed by atoms with Crippen LogP contribution in [0.3, 0.4) is 0 Å². The second-order valence-corrected chi connectivity index (χ2v) is 18.0. The highest BCUT2D eigenvalue weighted by Gasteiger charge is 2.54. The van der Waals surface area contributed by atoms with Gasteiger partial charge in [0.2, 0.25) is 5.91 Å². The first-order chi connectivity index (χ1) is 34.9. The average Bonchev–Trinajstić information content (AvgIpc) is 3.39. The van der Waals surface area contributed by atoms with Gasteiger partial charge >= 0.3 is 0 Å². The lowest BCUT2D eigenvalue weighted by atomic mass is 9.89. The van der Waals surface area contributed by atoms with Crippen molar-refractivity contribution in [1.29, 1.82) is 0 Å². The molecule has 71 heavy (non-hydrogen) atoms. The minimum atomic E-state index is -1.16. The number of ether oxygens (including phenoxy) is 9. The van der Waals surface area contributed by atoms with Crippen LogP contribution in [0.4, 0.5) is 0 Å². The van der Waals surface area contributed by atoms with Crippen molar-refractivity contribution in [3.05, 3.63) is 215 Å². The van der Waals surface area contributed by atoms with Gasteiger partial charge in [-0.05, 0) is 40.3 Å². The van der Waals surface area contributed by atoms with Gasteiger partial charge in [-0.3, -0.25) is 9.59 Å². The van der Waals surface area contributed by atoms with Gasteiger partial charge in [-0.25, -0.2) is 0 Å². The maximum atomic E-state index is 13.2. The molecule has 2 heterocycles. The van der Waals surface area contributed by atoms with Crippen molar-refractivity contribution < 1.29 is 52.2 Å². The molecule has 12 heteroatoms. The Kier molecular flexibility index (Phi) is 19.6. The van der Waals surface area contributed by atoms with E-state index in [-0.39, 0.29) is 64.4 Å². The highest BCUT2D eigenvalue weighted by atomic mass is 16.7. The van der Waals surface area contributed by atoms with Gasteiger partial charge in [-0.2, -0.15) is 0 Å². The highest BCUT2D eigenvalue weighted by Crippen LogP contribution is 2.36. The molecule has 2 saturated heterocycles. The van der Waals surface area contributed by atoms with Crippen LogP contribution in [0, 0.1) is 0 Å². The summed E-state index contributed by atoms with van der Waals surface area (Å²) in [5.41, 5.74) is 5.73. The molecule has 0 saturated carbocycles. The van der Waals surface area contributed by atoms with E-state index in [0.717, 1.165) is 33.4 Å². The fraction of sp³-hybridized carbons (Fsp3) is 0.356. The van der Waals surface area contributed by atoms with Crippen LogP contribution in [-0.4, -0.2) is 86.1 Å². The summed E-state index contributed by atoms with van der Waals surface area (Å²) in [6.07, 6.45) is -7.78. The molecule has 1 amide bonds. The van der Waals surface area contributed by atoms with E-state index in [4.69, 9.17) is 42.6 Å². The van der Waals surface area contributed by atoms with Gasteiger partial charge in [0.25, 0.3) is 0 Å². The zero-order chi connectivity index (χ0) is 49.0. The summed E-state index contributed by atoms with van der Waals surface area (Å²) in [5.74, 6) is -0.432. The average molecular weight is 964 g/mol. The Bertz CT molecular complexity index is 2450. The number of carbonyl (C=O) groups is 2. The van der Waals surface area contributed by atoms with Gasteiger partial charge in [0, 0.05) is 13.3 Å². The van der Waals surface area contributed by atoms with E-state index in [1.54, 1.807) is 0 Å². The van der Waals surface area contributed by atoms with Crippen molar-refractivity contribution in [1.82, 2.24) is 5.32 Å². The van der Waals surface area contributed by atoms with Crippen LogP contribution in [0.25, 0.3) is 0 Å². The lowest BCUT2D eigenvalue weighted by Gasteiger charge is -2.50. The molecule has 1 N–H and O–H groups in total. The van der Waals surface area contributed by atoms with E-state index in [2.05, 4.69) is 5.32 Å². The number of Topliss-reactive ketones (excluding diaryl/α,β-unsaturated/α-hetero) is 1. The van der Waals surface area contributed by atoms with Gasteiger partial charge in [0.05, 0.1) is 65.0 Å². The predicted molar refractivity (Wildman–Crippen MR) is 267 cm³/mol. The maximum Gasteiger partial charge on any atom is 0.217 e. The standard InChI is InChI=1S/C59H65NO11/c1-42(61)33-50-53(60-43(2)62)56(66-37-47-27-15-6-16-28-47)55(52(69-50)41-64-35-45-23-11-4-12-24-45)71-59-58(68-39-49-31-19-8-20-32-49)57(67-38-48-29-17-7-18-30-48)54(65-36-46-25-13-5-14-26-46)51(70-59)40-63-34-44-21-9-3-10-22-44/h3-32,50-59H,33-41H2,1-2H3,(H,60,62)/t50-,51+,52+,53-,54-,55+,56+,57-,58+,59-/m0/s1. The van der Waals surface area contributed by atoms with Crippen LogP contribution in [-0.2, 0) is 91.9 Å². The van der Waals surface area contributed by atoms with E-state index in [0.29, 0.717) is 6.61 Å². The SMILES string of the molecule is CC(=O)C[C@@H]1O[C@H](COCc2ccccc2)[C@@H](O[C@@H]2O[C@H](COCc3ccccc3)[C@H](OCc3ccccc3)[C@H](OCc3ccccc3)[C@H]2OCc2ccccc2)[C@H](OCc2ccccc2)[C@H]1NC(C)=O. The minimum Gasteiger partial charge on any atom is -0.374 e. The summed E-state index contributed by atoms with van der Waals surface area (Å²) < 4.78 is 62.3. The summed E-state index contributed by atoms with van der Waals surface area (Å²) >= 11 is 0. The molecule has 0 spiro atoms. The van der Waals surface area contributed by atoms with Crippen molar-refractivity contribution >= 4 is 11.7 Å². The van der Waals surface area contributed by atoms with E-state index >= 15 is 0 Å². The van der Waals surface area contributed by atoms with Crippen LogP contribution < -0.4 is 5.32 Å². The number of nitrogens with one attached hydrogen (secondary N) is 1. The van der Waals surface area contributed by atoms with Crippen LogP contribution in [0.15, 0.2) is 182 Å². The van der Waals surface area contributed by atoms with Crippen molar-refractivity contribution in [2.75, 3.05) is 13.2 Å². The summed E-state index contributed by atoms with van der Waals surface area (Å²) in [5, 5.41) is 3.09. The summed E-state index contributed by atoms with van der Waals surface area (Å²) in [7, 11) is 0. The zero-order valence-corrected chi connectivity index (χ0v) is 40.4. The van der Waals surface area contributed by atoms with Crippen molar-refractivity contribution in [3.63, 3.8) is 0 Å². The van der Waals surface area contributed by atoms with Gasteiger partial charge in [-0.1, -0.05) is 182 Å². The number of hydrogen-bond donors (Lipinski definition) is 1. The summed E-state index contributed by atoms with van der Waals surface area (Å²) in [6, 6.07) is 58.6. The molecule has 0 bridgehead atoms. The molecule has 2 aliphatic rings. The first-order valence-corrected chi connectivity index (χ1v) is 24.4. The second kappa shape index (κ2) is 27.1. The van der Waals surface area contributed by atoms with Gasteiger partial charge in [0.15, 0.2) is 6.29 Å². The summed E-state index contributed by atoms with van der Waals surface area (Å²) in [6.45, 7) is 4.56. The Morgan fingerprint density at radius 1 is 0.408 bits per heavy atom. The molecule has 8 rings (SSSR count). The molecule has 372 valence electrons. The number of amides is 1. The number of hydrogen-bond acceptors (Lipinski definition) is 11. The molecule has 2 aliphatic heterocycles. The largest absolute Gasteiger partial charge is 0.374 e. The second-order valence-electron chi connectivity index (χ2n) is 18.0. The Balaban J connectivity index is 1.20. The van der Waals surface area contributed by atoms with Crippen LogP contribution in [0.1, 0.15) is 53.6 Å². The zero-order valence-electron chi connectivity index (χ0n) is 40.4. The highest BCUT2D eigenvalue weighted by molar-refractivity contribution is 5.77. The first kappa shape index (κ1) is 51.5. The Labute approximate surface area is 417 Å². The first-order valence-electron chi connectivity index (χ1n) is 24.4. The number of carbonyl (C=O) groups excluding carboxylic acids is 2. The van der Waals surface area contributed by atoms with Crippen molar-refractivity contribution in [2.45, 2.75) is 121 Å². The van der Waals surface area contributed by atoms with Gasteiger partial charge < -0.3 is 47.9 Å². The van der Waals surface area contributed by atoms with Gasteiger partial charge in [-0.15, -0.1) is 0 Å². The molecular weight excluding hydrogens is 899 g/mol. The Morgan fingerprint density at radius 3 is 1.15 bits per heavy atom. The lowest BCUT2D eigenvalue weighted by molar-refractivity contribution is -0.356. The molecular formula is C59H65NO11. The predicted octanol–water partition coefficient (Wildman–Crippen LogP) is 9.12. The van der Waals surface area contributed by atoms with E-state index in [1.165, 1.54) is 13.8 Å². The van der Waals surface area contributed by atoms with Crippen molar-refractivity contribution in [3.8, 4) is 0 Å². The summed E-state index contributed by atoms with van der Waals surface area (Å²) in [4.78, 5) is 26.1. The molecule has 0 aromatic heterocycles. The quantitative estimate of drug-likeness (QED) is 0.0590. The molecule has 10 atom stereocenters. The van der Waals surface area contributed by atoms with E-state index in [1.807, 2.05) is 182 Å². The molecule has 6 aromatic rings. The molecule has 6 aromatic carbocycles. The minimum absolute atomic E-state index is 0.0114. The fourth-order valence-corrected chi connectivity index (χ4v) is 9.03. The molecule has 2 fully saturated rings. The molecule has 12 nitrogen and oxygen atoms in total. The topological polar surface area (TPSA) is 129 Å². The third-order valence-corrected chi connectivity index (χ3v) is 12.5. The molecule has 0 aliphatic carbocycles. The van der Waals surface area contributed by atoms with Crippen molar-refractivity contribution in [2.24, 2.45) is 0 Å². The number of ketones is 1. The third kappa shape index (κ3) is 15.5. The third-order valence-electron chi connectivity index (χ3n) is 12.5. The van der Waals surface area contributed by atoms with Crippen LogP contribution in [0.5, 0.6) is 0 Å². The normalized spacial score (nSPS) is 24.3. The van der Waals surface area contributed by atoms with Crippen LogP contribution in [0.2, 0.25) is 0 Å². The Morgan fingerprint density at radius 2 is 0.761 bits per heavy atom. The van der Waals surface area contributed by atoms with Crippen LogP contribution >= 0.6 is 0 Å². The monoisotopic (exact) mass is 963 g/mol. The molecule has 0 radical (unpaired) electrons. The van der Waals surface area contributed by atoms with E-state index < -0.39 is 61.2 Å². The number of rotatable bonds is 25. The van der Waals surface area contributed by atoms with E-state index in [9.17, 15) is 9.59 Å².